The molecule has 0 spiro atoms. The number of ether oxygens (including phenoxy) is 1. The number of rotatable bonds is 11. The molecule has 11 nitrogen and oxygen atoms in total. The van der Waals surface area contributed by atoms with E-state index in [-0.39, 0.29) is 36.4 Å². The van der Waals surface area contributed by atoms with Crippen molar-refractivity contribution in [1.29, 1.82) is 0 Å². The molecule has 0 radical (unpaired) electrons. The predicted octanol–water partition coefficient (Wildman–Crippen LogP) is 3.27. The fourth-order valence-electron chi connectivity index (χ4n) is 2.94. The summed E-state index contributed by atoms with van der Waals surface area (Å²) in [5, 5.41) is 24.7. The van der Waals surface area contributed by atoms with E-state index in [2.05, 4.69) is 34.7 Å². The molecule has 2 amide bonds. The fourth-order valence-corrected chi connectivity index (χ4v) is 3.67. The molecule has 0 atom stereocenters. The van der Waals surface area contributed by atoms with E-state index in [0.717, 1.165) is 0 Å². The summed E-state index contributed by atoms with van der Waals surface area (Å²) in [6, 6.07) is 13.2. The average Bonchev–Trinajstić information content (AvgIpc) is 3.19. The number of nitrogens with zero attached hydrogens (tertiary/aromatic N) is 4. The number of nitro benzene ring substituents is 1. The lowest BCUT2D eigenvalue weighted by molar-refractivity contribution is -0.384. The Kier molecular flexibility index (Phi) is 8.79. The molecule has 35 heavy (non-hydrogen) atoms. The Balaban J connectivity index is 1.42. The molecule has 184 valence electrons. The molecule has 0 bridgehead atoms. The van der Waals surface area contributed by atoms with Gasteiger partial charge in [-0.1, -0.05) is 37.7 Å². The third-order valence-electron chi connectivity index (χ3n) is 4.98. The van der Waals surface area contributed by atoms with E-state index in [1.165, 1.54) is 41.6 Å². The molecule has 2 N–H and O–H groups in total. The van der Waals surface area contributed by atoms with Gasteiger partial charge in [0.2, 0.25) is 5.91 Å². The van der Waals surface area contributed by atoms with Crippen molar-refractivity contribution in [2.45, 2.75) is 31.5 Å². The zero-order valence-electron chi connectivity index (χ0n) is 19.6. The van der Waals surface area contributed by atoms with Crippen molar-refractivity contribution in [3.05, 3.63) is 70.0 Å². The Labute approximate surface area is 206 Å². The summed E-state index contributed by atoms with van der Waals surface area (Å²) in [5.41, 5.74) is 1.60. The van der Waals surface area contributed by atoms with E-state index in [0.29, 0.717) is 28.3 Å². The Morgan fingerprint density at radius 2 is 1.77 bits per heavy atom. The number of nitro groups is 1. The van der Waals surface area contributed by atoms with E-state index in [9.17, 15) is 19.7 Å². The Bertz CT molecular complexity index is 1180. The van der Waals surface area contributed by atoms with Gasteiger partial charge in [0.25, 0.3) is 11.6 Å². The number of benzene rings is 2. The number of nitrogens with one attached hydrogen (secondary N) is 2. The summed E-state index contributed by atoms with van der Waals surface area (Å²) < 4.78 is 7.21. The third kappa shape index (κ3) is 7.54. The zero-order valence-corrected chi connectivity index (χ0v) is 20.4. The van der Waals surface area contributed by atoms with Crippen LogP contribution in [0.15, 0.2) is 53.7 Å². The largest absolute Gasteiger partial charge is 0.484 e. The minimum absolute atomic E-state index is 0.0528. The third-order valence-corrected chi connectivity index (χ3v) is 6.00. The molecule has 0 aliphatic rings. The number of non-ortho nitro benzene ring substituents is 1. The quantitative estimate of drug-likeness (QED) is 0.233. The van der Waals surface area contributed by atoms with Crippen LogP contribution in [-0.4, -0.2) is 43.9 Å². The van der Waals surface area contributed by atoms with Crippen LogP contribution in [-0.2, 0) is 23.2 Å². The first-order valence-corrected chi connectivity index (χ1v) is 11.8. The van der Waals surface area contributed by atoms with Crippen LogP contribution in [0, 0.1) is 10.1 Å². The van der Waals surface area contributed by atoms with Crippen LogP contribution in [0.25, 0.3) is 0 Å². The van der Waals surface area contributed by atoms with Gasteiger partial charge < -0.3 is 19.9 Å². The summed E-state index contributed by atoms with van der Waals surface area (Å²) in [5.74, 6) is 1.05. The molecule has 1 aromatic heterocycles. The van der Waals surface area contributed by atoms with E-state index >= 15 is 0 Å². The second kappa shape index (κ2) is 12.0. The lowest BCUT2D eigenvalue weighted by Gasteiger charge is -2.09. The van der Waals surface area contributed by atoms with Gasteiger partial charge in [-0.3, -0.25) is 19.7 Å². The molecule has 3 aromatic rings. The van der Waals surface area contributed by atoms with Crippen LogP contribution in [0.3, 0.4) is 0 Å². The van der Waals surface area contributed by atoms with Gasteiger partial charge in [0, 0.05) is 24.9 Å². The highest BCUT2D eigenvalue weighted by molar-refractivity contribution is 7.99. The van der Waals surface area contributed by atoms with Crippen LogP contribution in [0.2, 0.25) is 0 Å². The smallest absolute Gasteiger partial charge is 0.269 e. The number of carbonyl (C=O) groups is 2. The Morgan fingerprint density at radius 3 is 2.40 bits per heavy atom. The van der Waals surface area contributed by atoms with Crippen LogP contribution >= 0.6 is 11.8 Å². The van der Waals surface area contributed by atoms with E-state index in [4.69, 9.17) is 4.74 Å². The maximum absolute atomic E-state index is 12.2. The summed E-state index contributed by atoms with van der Waals surface area (Å²) in [7, 11) is 1.74. The van der Waals surface area contributed by atoms with Gasteiger partial charge in [-0.05, 0) is 35.7 Å². The van der Waals surface area contributed by atoms with Crippen molar-refractivity contribution in [3.63, 3.8) is 0 Å². The molecular formula is C23H26N6O5S. The fraction of sp³-hybridized carbons (Fsp3) is 0.304. The van der Waals surface area contributed by atoms with Gasteiger partial charge in [0.15, 0.2) is 17.6 Å². The van der Waals surface area contributed by atoms with Crippen molar-refractivity contribution < 1.29 is 19.2 Å². The standard InChI is InChI=1S/C23H26N6O5S/c1-15(2)16-4-10-19(11-5-16)34-13-21(30)24-12-20-26-27-23(28(20)3)35-14-22(31)25-17-6-8-18(9-7-17)29(32)33/h4-11,15H,12-14H2,1-3H3,(H,24,30)(H,25,31). The number of amides is 2. The minimum Gasteiger partial charge on any atom is -0.484 e. The number of carbonyl (C=O) groups excluding carboxylic acids is 2. The SMILES string of the molecule is CC(C)c1ccc(OCC(=O)NCc2nnc(SCC(=O)Nc3ccc([N+](=O)[O-])cc3)n2C)cc1. The summed E-state index contributed by atoms with van der Waals surface area (Å²) in [6.45, 7) is 4.25. The molecule has 12 heteroatoms. The van der Waals surface area contributed by atoms with Crippen molar-refractivity contribution in [3.8, 4) is 5.75 Å². The topological polar surface area (TPSA) is 141 Å². The highest BCUT2D eigenvalue weighted by Gasteiger charge is 2.13. The normalized spacial score (nSPS) is 10.7. The van der Waals surface area contributed by atoms with Gasteiger partial charge in [0.1, 0.15) is 5.75 Å². The van der Waals surface area contributed by atoms with Gasteiger partial charge in [0.05, 0.1) is 17.2 Å². The summed E-state index contributed by atoms with van der Waals surface area (Å²) in [4.78, 5) is 34.5. The van der Waals surface area contributed by atoms with E-state index in [1.54, 1.807) is 11.6 Å². The van der Waals surface area contributed by atoms with Crippen LogP contribution in [0.4, 0.5) is 11.4 Å². The van der Waals surface area contributed by atoms with Crippen molar-refractivity contribution in [1.82, 2.24) is 20.1 Å². The maximum atomic E-state index is 12.2. The minimum atomic E-state index is -0.506. The number of thioether (sulfide) groups is 1. The predicted molar refractivity (Wildman–Crippen MR) is 131 cm³/mol. The number of hydrogen-bond acceptors (Lipinski definition) is 8. The van der Waals surface area contributed by atoms with Gasteiger partial charge >= 0.3 is 0 Å². The van der Waals surface area contributed by atoms with Crippen molar-refractivity contribution >= 4 is 35.0 Å². The van der Waals surface area contributed by atoms with Gasteiger partial charge in [-0.15, -0.1) is 10.2 Å². The number of aromatic nitrogens is 3. The molecule has 0 saturated carbocycles. The van der Waals surface area contributed by atoms with Crippen molar-refractivity contribution in [2.24, 2.45) is 7.05 Å². The highest BCUT2D eigenvalue weighted by Crippen LogP contribution is 2.19. The lowest BCUT2D eigenvalue weighted by atomic mass is 10.0. The Hall–Kier alpha value is -3.93. The van der Waals surface area contributed by atoms with Gasteiger partial charge in [-0.2, -0.15) is 0 Å². The van der Waals surface area contributed by atoms with Crippen LogP contribution in [0.1, 0.15) is 31.2 Å². The van der Waals surface area contributed by atoms with Gasteiger partial charge in [-0.25, -0.2) is 0 Å². The summed E-state index contributed by atoms with van der Waals surface area (Å²) in [6.07, 6.45) is 0. The molecule has 0 saturated heterocycles. The molecule has 0 unspecified atom stereocenters. The first-order valence-electron chi connectivity index (χ1n) is 10.8. The van der Waals surface area contributed by atoms with E-state index in [1.807, 2.05) is 24.3 Å². The molecule has 0 aliphatic carbocycles. The lowest BCUT2D eigenvalue weighted by Crippen LogP contribution is -2.29. The molecule has 2 aromatic carbocycles. The second-order valence-corrected chi connectivity index (χ2v) is 8.83. The average molecular weight is 499 g/mol. The monoisotopic (exact) mass is 498 g/mol. The number of anilines is 1. The molecule has 3 rings (SSSR count). The van der Waals surface area contributed by atoms with E-state index < -0.39 is 4.92 Å². The molecule has 1 heterocycles. The Morgan fingerprint density at radius 1 is 1.09 bits per heavy atom. The first-order chi connectivity index (χ1) is 16.7. The molecule has 0 fully saturated rings. The van der Waals surface area contributed by atoms with Crippen molar-refractivity contribution in [2.75, 3.05) is 17.7 Å². The maximum Gasteiger partial charge on any atom is 0.269 e. The zero-order chi connectivity index (χ0) is 25.4. The highest BCUT2D eigenvalue weighted by atomic mass is 32.2. The second-order valence-electron chi connectivity index (χ2n) is 7.89. The first kappa shape index (κ1) is 25.7. The van der Waals surface area contributed by atoms with Crippen LogP contribution in [0.5, 0.6) is 5.75 Å². The van der Waals surface area contributed by atoms with Crippen LogP contribution < -0.4 is 15.4 Å². The number of hydrogen-bond donors (Lipinski definition) is 2. The molecular weight excluding hydrogens is 472 g/mol. The molecule has 0 aliphatic heterocycles. The summed E-state index contributed by atoms with van der Waals surface area (Å²) >= 11 is 1.18.